The molecule has 0 bridgehead atoms. The standard InChI is InChI=1S/C26H18F2N8O/c1-2-19(37)32-14-9-13(10-29-11-14)16-12-31-25-20(21(16)28)24(35-36-25)26-33-18-7-8-30-22(23(18)34-26)15-5-3-4-6-17(15)27/h3-12H,2H2,1H3,(H,32,37)(H,33,34)(H,31,35,36). The normalized spacial score (nSPS) is 11.3. The lowest BCUT2D eigenvalue weighted by molar-refractivity contribution is -0.115. The topological polar surface area (TPSA) is 125 Å². The van der Waals surface area contributed by atoms with Crippen molar-refractivity contribution in [3.05, 3.63) is 72.8 Å². The third-order valence-corrected chi connectivity index (χ3v) is 5.93. The zero-order chi connectivity index (χ0) is 25.5. The molecule has 5 aromatic heterocycles. The number of H-pyrrole nitrogens is 2. The maximum absolute atomic E-state index is 15.9. The second-order valence-corrected chi connectivity index (χ2v) is 8.27. The number of amides is 1. The van der Waals surface area contributed by atoms with Crippen LogP contribution in [0.15, 0.2) is 61.2 Å². The highest BCUT2D eigenvalue weighted by Crippen LogP contribution is 2.34. The van der Waals surface area contributed by atoms with E-state index in [4.69, 9.17) is 0 Å². The summed E-state index contributed by atoms with van der Waals surface area (Å²) in [5, 5.41) is 9.84. The van der Waals surface area contributed by atoms with Gasteiger partial charge < -0.3 is 10.3 Å². The number of carbonyl (C=O) groups is 1. The van der Waals surface area contributed by atoms with Crippen molar-refractivity contribution in [2.75, 3.05) is 5.32 Å². The Hall–Kier alpha value is -5.06. The lowest BCUT2D eigenvalue weighted by Crippen LogP contribution is -2.09. The van der Waals surface area contributed by atoms with E-state index in [1.807, 2.05) is 0 Å². The summed E-state index contributed by atoms with van der Waals surface area (Å²) < 4.78 is 30.4. The molecule has 0 saturated carbocycles. The molecule has 0 atom stereocenters. The molecular formula is C26H18F2N8O. The Bertz CT molecular complexity index is 1810. The van der Waals surface area contributed by atoms with Gasteiger partial charge in [-0.15, -0.1) is 0 Å². The van der Waals surface area contributed by atoms with Crippen LogP contribution in [0.2, 0.25) is 0 Å². The lowest BCUT2D eigenvalue weighted by Gasteiger charge is -2.07. The Morgan fingerprint density at radius 2 is 1.89 bits per heavy atom. The molecule has 0 spiro atoms. The van der Waals surface area contributed by atoms with E-state index in [1.165, 1.54) is 24.7 Å². The van der Waals surface area contributed by atoms with Crippen LogP contribution in [0.5, 0.6) is 0 Å². The molecule has 0 radical (unpaired) electrons. The maximum atomic E-state index is 15.9. The van der Waals surface area contributed by atoms with E-state index >= 15 is 4.39 Å². The highest BCUT2D eigenvalue weighted by molar-refractivity contribution is 5.97. The van der Waals surface area contributed by atoms with Crippen molar-refractivity contribution >= 4 is 33.7 Å². The number of nitrogens with zero attached hydrogens (tertiary/aromatic N) is 5. The summed E-state index contributed by atoms with van der Waals surface area (Å²) in [4.78, 5) is 32.3. The van der Waals surface area contributed by atoms with Gasteiger partial charge in [0.15, 0.2) is 11.5 Å². The third kappa shape index (κ3) is 3.86. The monoisotopic (exact) mass is 496 g/mol. The average molecular weight is 496 g/mol. The minimum absolute atomic E-state index is 0.125. The highest BCUT2D eigenvalue weighted by atomic mass is 19.1. The number of hydrogen-bond donors (Lipinski definition) is 3. The molecular weight excluding hydrogens is 478 g/mol. The fraction of sp³-hybridized carbons (Fsp3) is 0.0769. The number of imidazole rings is 1. The molecule has 1 aromatic carbocycles. The van der Waals surface area contributed by atoms with E-state index in [9.17, 15) is 9.18 Å². The number of carbonyl (C=O) groups excluding carboxylic acids is 1. The van der Waals surface area contributed by atoms with Gasteiger partial charge in [-0.3, -0.25) is 19.9 Å². The molecule has 6 aromatic rings. The highest BCUT2D eigenvalue weighted by Gasteiger charge is 2.22. The van der Waals surface area contributed by atoms with Gasteiger partial charge in [-0.05, 0) is 24.3 Å². The summed E-state index contributed by atoms with van der Waals surface area (Å²) in [6.45, 7) is 1.73. The molecule has 37 heavy (non-hydrogen) atoms. The zero-order valence-electron chi connectivity index (χ0n) is 19.4. The van der Waals surface area contributed by atoms with Gasteiger partial charge in [0.1, 0.15) is 28.5 Å². The van der Waals surface area contributed by atoms with Crippen molar-refractivity contribution in [2.24, 2.45) is 0 Å². The molecule has 5 heterocycles. The molecule has 182 valence electrons. The van der Waals surface area contributed by atoms with Gasteiger partial charge in [0.2, 0.25) is 5.91 Å². The van der Waals surface area contributed by atoms with Crippen LogP contribution < -0.4 is 5.32 Å². The van der Waals surface area contributed by atoms with Gasteiger partial charge in [-0.25, -0.2) is 18.7 Å². The van der Waals surface area contributed by atoms with Crippen molar-refractivity contribution < 1.29 is 13.6 Å². The summed E-state index contributed by atoms with van der Waals surface area (Å²) >= 11 is 0. The first-order valence-electron chi connectivity index (χ1n) is 11.4. The van der Waals surface area contributed by atoms with E-state index in [2.05, 4.69) is 40.4 Å². The average Bonchev–Trinajstić information content (AvgIpc) is 3.54. The summed E-state index contributed by atoms with van der Waals surface area (Å²) in [5.41, 5.74) is 3.17. The number of aromatic nitrogens is 7. The van der Waals surface area contributed by atoms with Crippen LogP contribution in [0, 0.1) is 11.6 Å². The molecule has 0 fully saturated rings. The number of rotatable bonds is 5. The van der Waals surface area contributed by atoms with Gasteiger partial charge in [0.25, 0.3) is 0 Å². The van der Waals surface area contributed by atoms with Gasteiger partial charge in [-0.2, -0.15) is 5.10 Å². The predicted octanol–water partition coefficient (Wildman–Crippen LogP) is 5.25. The summed E-state index contributed by atoms with van der Waals surface area (Å²) in [7, 11) is 0. The molecule has 11 heteroatoms. The number of anilines is 1. The molecule has 0 saturated heterocycles. The Balaban J connectivity index is 1.48. The summed E-state index contributed by atoms with van der Waals surface area (Å²) in [5.74, 6) is -0.920. The first-order valence-corrected chi connectivity index (χ1v) is 11.4. The zero-order valence-corrected chi connectivity index (χ0v) is 19.4. The number of benzene rings is 1. The van der Waals surface area contributed by atoms with Crippen LogP contribution in [-0.2, 0) is 4.79 Å². The Labute approximate surface area is 208 Å². The van der Waals surface area contributed by atoms with Gasteiger partial charge in [-0.1, -0.05) is 19.1 Å². The second kappa shape index (κ2) is 8.86. The Morgan fingerprint density at radius 3 is 2.73 bits per heavy atom. The number of fused-ring (bicyclic) bond motifs is 2. The van der Waals surface area contributed by atoms with Crippen molar-refractivity contribution in [1.29, 1.82) is 0 Å². The maximum Gasteiger partial charge on any atom is 0.224 e. The molecule has 0 aliphatic carbocycles. The van der Waals surface area contributed by atoms with Gasteiger partial charge in [0.05, 0.1) is 22.8 Å². The van der Waals surface area contributed by atoms with Crippen molar-refractivity contribution in [2.45, 2.75) is 13.3 Å². The quantitative estimate of drug-likeness (QED) is 0.299. The molecule has 0 aliphatic rings. The Morgan fingerprint density at radius 1 is 1.03 bits per heavy atom. The van der Waals surface area contributed by atoms with Gasteiger partial charge >= 0.3 is 0 Å². The largest absolute Gasteiger partial charge is 0.336 e. The fourth-order valence-electron chi connectivity index (χ4n) is 4.13. The number of pyridine rings is 3. The molecule has 0 unspecified atom stereocenters. The number of hydrogen-bond acceptors (Lipinski definition) is 6. The predicted molar refractivity (Wildman–Crippen MR) is 134 cm³/mol. The lowest BCUT2D eigenvalue weighted by atomic mass is 10.1. The van der Waals surface area contributed by atoms with Crippen molar-refractivity contribution in [3.8, 4) is 33.9 Å². The van der Waals surface area contributed by atoms with E-state index in [0.29, 0.717) is 40.0 Å². The summed E-state index contributed by atoms with van der Waals surface area (Å²) in [6, 6.07) is 9.61. The Kier molecular flexibility index (Phi) is 5.37. The fourth-order valence-corrected chi connectivity index (χ4v) is 4.13. The van der Waals surface area contributed by atoms with E-state index in [0.717, 1.165) is 0 Å². The van der Waals surface area contributed by atoms with Crippen molar-refractivity contribution in [3.63, 3.8) is 0 Å². The molecule has 9 nitrogen and oxygen atoms in total. The molecule has 3 N–H and O–H groups in total. The van der Waals surface area contributed by atoms with Crippen LogP contribution in [0.4, 0.5) is 14.5 Å². The van der Waals surface area contributed by atoms with E-state index in [-0.39, 0.29) is 34.0 Å². The second-order valence-electron chi connectivity index (χ2n) is 8.27. The minimum Gasteiger partial charge on any atom is -0.336 e. The number of nitrogens with one attached hydrogen (secondary N) is 3. The van der Waals surface area contributed by atoms with E-state index in [1.54, 1.807) is 43.5 Å². The molecule has 1 amide bonds. The smallest absolute Gasteiger partial charge is 0.224 e. The van der Waals surface area contributed by atoms with Gasteiger partial charge in [0, 0.05) is 41.7 Å². The molecule has 0 aliphatic heterocycles. The number of aromatic amines is 2. The van der Waals surface area contributed by atoms with Crippen molar-refractivity contribution in [1.82, 2.24) is 35.1 Å². The first kappa shape index (κ1) is 22.4. The van der Waals surface area contributed by atoms with E-state index < -0.39 is 11.6 Å². The van der Waals surface area contributed by atoms with Crippen LogP contribution in [-0.4, -0.2) is 41.0 Å². The van der Waals surface area contributed by atoms with Crippen LogP contribution in [0.1, 0.15) is 13.3 Å². The third-order valence-electron chi connectivity index (χ3n) is 5.93. The van der Waals surface area contributed by atoms with Crippen LogP contribution in [0.25, 0.3) is 56.0 Å². The summed E-state index contributed by atoms with van der Waals surface area (Å²) in [6.07, 6.45) is 6.20. The van der Waals surface area contributed by atoms with Crippen LogP contribution >= 0.6 is 0 Å². The minimum atomic E-state index is -0.581. The number of halogens is 2. The first-order chi connectivity index (χ1) is 18.0. The molecule has 6 rings (SSSR count). The SMILES string of the molecule is CCC(=O)Nc1cncc(-c2cnc3[nH]nc(-c4nc5c(-c6ccccc6F)nccc5[nH]4)c3c2F)c1. The van der Waals surface area contributed by atoms with Crippen LogP contribution in [0.3, 0.4) is 0 Å².